The SMILES string of the molecule is CC(=O)N1[C@H]2CCCC[C@H]3N(C(=O)c4ncccc4C)[C@@H](Cc4ccccc4)[C@@H]1C[C@@]23C. The number of rotatable bonds is 3. The average molecular weight is 432 g/mol. The van der Waals surface area contributed by atoms with Crippen LogP contribution in [0.25, 0.3) is 0 Å². The van der Waals surface area contributed by atoms with Crippen LogP contribution in [0.2, 0.25) is 0 Å². The lowest BCUT2D eigenvalue weighted by atomic mass is 9.69. The molecule has 0 N–H and O–H groups in total. The van der Waals surface area contributed by atoms with Crippen molar-refractivity contribution in [2.75, 3.05) is 0 Å². The molecule has 5 nitrogen and oxygen atoms in total. The molecule has 3 aliphatic rings. The first-order valence-electron chi connectivity index (χ1n) is 12.0. The maximum absolute atomic E-state index is 14.1. The third kappa shape index (κ3) is 3.25. The number of benzene rings is 1. The van der Waals surface area contributed by atoms with Gasteiger partial charge >= 0.3 is 0 Å². The first-order valence-corrected chi connectivity index (χ1v) is 12.0. The Kier molecular flexibility index (Phi) is 5.31. The molecule has 2 bridgehead atoms. The quantitative estimate of drug-likeness (QED) is 0.724. The van der Waals surface area contributed by atoms with E-state index < -0.39 is 0 Å². The summed E-state index contributed by atoms with van der Waals surface area (Å²) in [6, 6.07) is 14.6. The van der Waals surface area contributed by atoms with E-state index in [1.165, 1.54) is 5.56 Å². The standard InChI is InChI=1S/C27H33N3O2/c1-18-10-9-15-28-25(18)26(32)30-21(16-20-11-5-4-6-12-20)22-17-27(3)23(29(22)19(2)31)13-7-8-14-24(27)30/h4-6,9-12,15,21-24H,7-8,13-14,16-17H2,1-3H3/t21-,22-,23-,24+,27-/m0/s1. The van der Waals surface area contributed by atoms with Crippen LogP contribution in [0.4, 0.5) is 0 Å². The fourth-order valence-corrected chi connectivity index (χ4v) is 6.93. The predicted molar refractivity (Wildman–Crippen MR) is 124 cm³/mol. The van der Waals surface area contributed by atoms with Crippen LogP contribution in [0.1, 0.15) is 67.6 Å². The van der Waals surface area contributed by atoms with Crippen LogP contribution in [0.3, 0.4) is 0 Å². The molecular formula is C27H33N3O2. The van der Waals surface area contributed by atoms with Crippen LogP contribution in [0.5, 0.6) is 0 Å². The maximum Gasteiger partial charge on any atom is 0.273 e. The summed E-state index contributed by atoms with van der Waals surface area (Å²) in [7, 11) is 0. The van der Waals surface area contributed by atoms with Crippen LogP contribution in [0, 0.1) is 12.3 Å². The lowest BCUT2D eigenvalue weighted by molar-refractivity contribution is -0.133. The van der Waals surface area contributed by atoms with Gasteiger partial charge in [0.05, 0.1) is 12.1 Å². The molecule has 32 heavy (non-hydrogen) atoms. The molecule has 5 heteroatoms. The molecule has 2 saturated heterocycles. The summed E-state index contributed by atoms with van der Waals surface area (Å²) in [6.07, 6.45) is 7.68. The van der Waals surface area contributed by atoms with Gasteiger partial charge in [-0.1, -0.05) is 56.2 Å². The monoisotopic (exact) mass is 431 g/mol. The number of hydrogen-bond acceptors (Lipinski definition) is 3. The summed E-state index contributed by atoms with van der Waals surface area (Å²) in [5, 5.41) is 0. The average Bonchev–Trinajstić information content (AvgIpc) is 2.93. The van der Waals surface area contributed by atoms with Crippen molar-refractivity contribution in [3.05, 3.63) is 65.5 Å². The number of likely N-dealkylation sites (tertiary alicyclic amines) is 2. The van der Waals surface area contributed by atoms with E-state index in [0.717, 1.165) is 44.1 Å². The summed E-state index contributed by atoms with van der Waals surface area (Å²) in [5.74, 6) is 0.168. The number of pyridine rings is 1. The smallest absolute Gasteiger partial charge is 0.273 e. The van der Waals surface area contributed by atoms with Crippen molar-refractivity contribution in [3.63, 3.8) is 0 Å². The molecule has 0 spiro atoms. The van der Waals surface area contributed by atoms with Crippen LogP contribution >= 0.6 is 0 Å². The van der Waals surface area contributed by atoms with Crippen LogP contribution in [0.15, 0.2) is 48.7 Å². The number of nitrogens with zero attached hydrogens (tertiary/aromatic N) is 3. The van der Waals surface area contributed by atoms with E-state index in [1.807, 2.05) is 25.1 Å². The number of fused-ring (bicyclic) bond motifs is 1. The zero-order valence-electron chi connectivity index (χ0n) is 19.3. The Balaban J connectivity index is 1.65. The predicted octanol–water partition coefficient (Wildman–Crippen LogP) is 4.40. The van der Waals surface area contributed by atoms with E-state index in [4.69, 9.17) is 0 Å². The minimum absolute atomic E-state index is 0.0241. The fraction of sp³-hybridized carbons (Fsp3) is 0.519. The summed E-state index contributed by atoms with van der Waals surface area (Å²) in [4.78, 5) is 35.9. The lowest BCUT2D eigenvalue weighted by Crippen LogP contribution is -2.62. The second-order valence-corrected chi connectivity index (χ2v) is 10.2. The Morgan fingerprint density at radius 3 is 2.38 bits per heavy atom. The highest BCUT2D eigenvalue weighted by Crippen LogP contribution is 2.55. The largest absolute Gasteiger partial charge is 0.334 e. The third-order valence-corrected chi connectivity index (χ3v) is 8.30. The highest BCUT2D eigenvalue weighted by Gasteiger charge is 2.63. The van der Waals surface area contributed by atoms with Gasteiger partial charge in [0, 0.05) is 30.6 Å². The third-order valence-electron chi connectivity index (χ3n) is 8.30. The van der Waals surface area contributed by atoms with Gasteiger partial charge in [-0.3, -0.25) is 14.6 Å². The van der Waals surface area contributed by atoms with Crippen molar-refractivity contribution in [3.8, 4) is 0 Å². The molecule has 2 aliphatic heterocycles. The van der Waals surface area contributed by atoms with Gasteiger partial charge < -0.3 is 9.80 Å². The van der Waals surface area contributed by atoms with Gasteiger partial charge in [-0.2, -0.15) is 0 Å². The normalized spacial score (nSPS) is 31.3. The van der Waals surface area contributed by atoms with Gasteiger partial charge in [0.25, 0.3) is 5.91 Å². The number of aryl methyl sites for hydroxylation is 1. The molecule has 5 atom stereocenters. The van der Waals surface area contributed by atoms with Gasteiger partial charge in [-0.05, 0) is 49.8 Å². The molecule has 1 aliphatic carbocycles. The van der Waals surface area contributed by atoms with Gasteiger partial charge in [0.1, 0.15) is 5.69 Å². The summed E-state index contributed by atoms with van der Waals surface area (Å²) >= 11 is 0. The van der Waals surface area contributed by atoms with Crippen LogP contribution < -0.4 is 0 Å². The molecule has 3 fully saturated rings. The Bertz CT molecular complexity index is 1020. The van der Waals surface area contributed by atoms with Crippen molar-refractivity contribution >= 4 is 11.8 Å². The van der Waals surface area contributed by atoms with Gasteiger partial charge in [0.15, 0.2) is 0 Å². The van der Waals surface area contributed by atoms with E-state index in [9.17, 15) is 9.59 Å². The maximum atomic E-state index is 14.1. The van der Waals surface area contributed by atoms with Crippen molar-refractivity contribution < 1.29 is 9.59 Å². The zero-order valence-corrected chi connectivity index (χ0v) is 19.3. The number of piperidine rings is 1. The molecule has 2 amide bonds. The first kappa shape index (κ1) is 21.2. The number of hydrogen-bond donors (Lipinski definition) is 0. The molecule has 1 saturated carbocycles. The van der Waals surface area contributed by atoms with Gasteiger partial charge in [-0.15, -0.1) is 0 Å². The summed E-state index contributed by atoms with van der Waals surface area (Å²) in [5.41, 5.74) is 2.59. The van der Waals surface area contributed by atoms with Crippen molar-refractivity contribution in [1.82, 2.24) is 14.8 Å². The second kappa shape index (κ2) is 8.02. The minimum atomic E-state index is -0.0711. The van der Waals surface area contributed by atoms with Crippen LogP contribution in [-0.4, -0.2) is 50.8 Å². The van der Waals surface area contributed by atoms with E-state index in [2.05, 4.69) is 46.0 Å². The Morgan fingerprint density at radius 2 is 1.72 bits per heavy atom. The molecule has 2 aromatic rings. The number of aromatic nitrogens is 1. The van der Waals surface area contributed by atoms with Crippen molar-refractivity contribution in [2.24, 2.45) is 5.41 Å². The zero-order chi connectivity index (χ0) is 22.5. The Hall–Kier alpha value is -2.69. The molecule has 1 aromatic heterocycles. The molecular weight excluding hydrogens is 398 g/mol. The molecule has 168 valence electrons. The molecule has 5 rings (SSSR count). The molecule has 0 unspecified atom stereocenters. The second-order valence-electron chi connectivity index (χ2n) is 10.2. The van der Waals surface area contributed by atoms with Crippen LogP contribution in [-0.2, 0) is 11.2 Å². The highest BCUT2D eigenvalue weighted by molar-refractivity contribution is 5.94. The van der Waals surface area contributed by atoms with E-state index >= 15 is 0 Å². The number of carbonyl (C=O) groups excluding carboxylic acids is 2. The van der Waals surface area contributed by atoms with E-state index in [1.54, 1.807) is 13.1 Å². The number of amides is 2. The minimum Gasteiger partial charge on any atom is -0.334 e. The molecule has 1 aromatic carbocycles. The Morgan fingerprint density at radius 1 is 1.03 bits per heavy atom. The highest BCUT2D eigenvalue weighted by atomic mass is 16.2. The van der Waals surface area contributed by atoms with E-state index in [0.29, 0.717) is 5.69 Å². The molecule has 3 heterocycles. The van der Waals surface area contributed by atoms with Gasteiger partial charge in [-0.25, -0.2) is 0 Å². The fourth-order valence-electron chi connectivity index (χ4n) is 6.93. The topological polar surface area (TPSA) is 53.5 Å². The first-order chi connectivity index (χ1) is 15.4. The summed E-state index contributed by atoms with van der Waals surface area (Å²) in [6.45, 7) is 6.00. The van der Waals surface area contributed by atoms with E-state index in [-0.39, 0.29) is 41.4 Å². The van der Waals surface area contributed by atoms with Crippen molar-refractivity contribution in [1.29, 1.82) is 0 Å². The summed E-state index contributed by atoms with van der Waals surface area (Å²) < 4.78 is 0. The lowest BCUT2D eigenvalue weighted by Gasteiger charge is -2.50. The molecule has 0 radical (unpaired) electrons. The van der Waals surface area contributed by atoms with Gasteiger partial charge in [0.2, 0.25) is 5.91 Å². The number of carbonyl (C=O) groups is 2. The van der Waals surface area contributed by atoms with Crippen molar-refractivity contribution in [2.45, 2.75) is 83.5 Å². The Labute approximate surface area is 190 Å².